The largest absolute Gasteiger partial charge is 0.392 e. The van der Waals surface area contributed by atoms with Crippen LogP contribution in [0.5, 0.6) is 0 Å². The van der Waals surface area contributed by atoms with E-state index in [1.165, 1.54) is 0 Å². The van der Waals surface area contributed by atoms with E-state index >= 15 is 0 Å². The summed E-state index contributed by atoms with van der Waals surface area (Å²) in [7, 11) is 0. The maximum absolute atomic E-state index is 11.5. The lowest BCUT2D eigenvalue weighted by Gasteiger charge is -2.11. The Kier molecular flexibility index (Phi) is 2.57. The van der Waals surface area contributed by atoms with Gasteiger partial charge < -0.3 is 0 Å². The van der Waals surface area contributed by atoms with Crippen LogP contribution in [0.25, 0.3) is 0 Å². The van der Waals surface area contributed by atoms with E-state index in [2.05, 4.69) is 6.42 Å². The Hall–Kier alpha value is -0.650. The molecule has 9 heavy (non-hydrogen) atoms. The monoisotopic (exact) mass is 136 g/mol. The molecule has 0 aromatic rings. The molecule has 0 rings (SSSR count). The predicted octanol–water partition coefficient (Wildman–Crippen LogP) is 2.21. The summed E-state index contributed by atoms with van der Waals surface area (Å²) in [6.07, 6.45) is 0.311. The van der Waals surface area contributed by atoms with Crippen LogP contribution in [0.2, 0.25) is 0 Å². The van der Waals surface area contributed by atoms with Crippen LogP contribution < -0.4 is 0 Å². The van der Waals surface area contributed by atoms with Crippen LogP contribution in [0, 0.1) is 18.3 Å². The van der Waals surface area contributed by atoms with Crippen molar-refractivity contribution >= 4 is 0 Å². The molecule has 0 fully saturated rings. The van der Waals surface area contributed by atoms with Crippen LogP contribution >= 0.6 is 0 Å². The van der Waals surface area contributed by atoms with Crippen LogP contribution in [0.4, 0.5) is 13.2 Å². The van der Waals surface area contributed by atoms with E-state index in [1.54, 1.807) is 0 Å². The summed E-state index contributed by atoms with van der Waals surface area (Å²) >= 11 is 0. The minimum Gasteiger partial charge on any atom is -0.171 e. The van der Waals surface area contributed by atoms with Crippen molar-refractivity contribution in [3.05, 3.63) is 0 Å². The van der Waals surface area contributed by atoms with E-state index in [9.17, 15) is 13.2 Å². The smallest absolute Gasteiger partial charge is 0.171 e. The fourth-order valence-corrected chi connectivity index (χ4v) is 0.293. The highest BCUT2D eigenvalue weighted by atomic mass is 19.4. The first-order chi connectivity index (χ1) is 3.98. The van der Waals surface area contributed by atoms with Crippen molar-refractivity contribution in [2.24, 2.45) is 5.92 Å². The molecule has 52 valence electrons. The molecule has 1 atom stereocenters. The molecule has 3 heteroatoms. The minimum atomic E-state index is -4.13. The Morgan fingerprint density at radius 3 is 2.11 bits per heavy atom. The fourth-order valence-electron chi connectivity index (χ4n) is 0.293. The highest BCUT2D eigenvalue weighted by Crippen LogP contribution is 2.27. The number of terminal acetylenes is 1. The van der Waals surface area contributed by atoms with Gasteiger partial charge in [0.2, 0.25) is 0 Å². The number of hydrogen-bond donors (Lipinski definition) is 0. The fraction of sp³-hybridized carbons (Fsp3) is 0.667. The van der Waals surface area contributed by atoms with Crippen LogP contribution in [-0.2, 0) is 0 Å². The molecule has 0 saturated carbocycles. The summed E-state index contributed by atoms with van der Waals surface area (Å²) < 4.78 is 34.6. The minimum absolute atomic E-state index is 0.233. The van der Waals surface area contributed by atoms with Gasteiger partial charge in [0.1, 0.15) is 0 Å². The summed E-state index contributed by atoms with van der Waals surface area (Å²) in [5.41, 5.74) is 0. The lowest BCUT2D eigenvalue weighted by atomic mass is 10.1. The van der Waals surface area contributed by atoms with Crippen molar-refractivity contribution in [1.29, 1.82) is 0 Å². The zero-order valence-electron chi connectivity index (χ0n) is 5.00. The Balaban J connectivity index is 3.76. The highest BCUT2D eigenvalue weighted by molar-refractivity contribution is 4.87. The maximum Gasteiger partial charge on any atom is 0.392 e. The van der Waals surface area contributed by atoms with E-state index in [0.29, 0.717) is 0 Å². The Morgan fingerprint density at radius 2 is 2.00 bits per heavy atom. The van der Waals surface area contributed by atoms with Crippen molar-refractivity contribution in [1.82, 2.24) is 0 Å². The van der Waals surface area contributed by atoms with Gasteiger partial charge in [0, 0.05) is 6.42 Å². The van der Waals surface area contributed by atoms with Gasteiger partial charge in [-0.15, -0.1) is 12.3 Å². The number of alkyl halides is 3. The first-order valence-electron chi connectivity index (χ1n) is 2.48. The SMILES string of the molecule is C#CCC(C)C(F)(F)F. The summed E-state index contributed by atoms with van der Waals surface area (Å²) in [6.45, 7) is 1.07. The van der Waals surface area contributed by atoms with Gasteiger partial charge in [-0.2, -0.15) is 13.2 Å². The molecule has 0 aliphatic carbocycles. The second kappa shape index (κ2) is 2.77. The van der Waals surface area contributed by atoms with Crippen molar-refractivity contribution in [2.45, 2.75) is 19.5 Å². The maximum atomic E-state index is 11.5. The summed E-state index contributed by atoms with van der Waals surface area (Å²) in [6, 6.07) is 0. The Labute approximate surface area is 52.1 Å². The lowest BCUT2D eigenvalue weighted by Crippen LogP contribution is -2.18. The third kappa shape index (κ3) is 3.02. The van der Waals surface area contributed by atoms with Crippen molar-refractivity contribution in [3.8, 4) is 12.3 Å². The number of rotatable bonds is 1. The lowest BCUT2D eigenvalue weighted by molar-refractivity contribution is -0.167. The molecule has 0 aromatic carbocycles. The average Bonchev–Trinajstić information content (AvgIpc) is 1.64. The molecule has 0 radical (unpaired) electrons. The second-order valence-electron chi connectivity index (χ2n) is 1.85. The van der Waals surface area contributed by atoms with Crippen LogP contribution in [0.15, 0.2) is 0 Å². The first kappa shape index (κ1) is 8.35. The average molecular weight is 136 g/mol. The summed E-state index contributed by atoms with van der Waals surface area (Å²) in [5.74, 6) is 0.581. The molecular formula is C6H7F3. The van der Waals surface area contributed by atoms with Gasteiger partial charge in [0.25, 0.3) is 0 Å². The standard InChI is InChI=1S/C6H7F3/c1-3-4-5(2)6(7,8)9/h1,5H,4H2,2H3. The van der Waals surface area contributed by atoms with Crippen molar-refractivity contribution < 1.29 is 13.2 Å². The Morgan fingerprint density at radius 1 is 1.56 bits per heavy atom. The molecule has 0 heterocycles. The van der Waals surface area contributed by atoms with Crippen LogP contribution in [0.3, 0.4) is 0 Å². The predicted molar refractivity (Wildman–Crippen MR) is 28.7 cm³/mol. The molecule has 0 nitrogen and oxygen atoms in total. The number of hydrogen-bond acceptors (Lipinski definition) is 0. The van der Waals surface area contributed by atoms with E-state index in [0.717, 1.165) is 6.92 Å². The zero-order chi connectivity index (χ0) is 7.49. The highest BCUT2D eigenvalue weighted by Gasteiger charge is 2.34. The van der Waals surface area contributed by atoms with Gasteiger partial charge >= 0.3 is 6.18 Å². The quantitative estimate of drug-likeness (QED) is 0.485. The zero-order valence-corrected chi connectivity index (χ0v) is 5.00. The van der Waals surface area contributed by atoms with Gasteiger partial charge in [-0.25, -0.2) is 0 Å². The molecule has 0 saturated heterocycles. The molecule has 0 spiro atoms. The van der Waals surface area contributed by atoms with Gasteiger partial charge in [-0.3, -0.25) is 0 Å². The van der Waals surface area contributed by atoms with Gasteiger partial charge in [0.05, 0.1) is 5.92 Å². The molecular weight excluding hydrogens is 129 g/mol. The Bertz CT molecular complexity index is 117. The van der Waals surface area contributed by atoms with Crippen LogP contribution in [-0.4, -0.2) is 6.18 Å². The van der Waals surface area contributed by atoms with Crippen molar-refractivity contribution in [3.63, 3.8) is 0 Å². The number of halogens is 3. The molecule has 0 N–H and O–H groups in total. The van der Waals surface area contributed by atoms with Gasteiger partial charge in [-0.1, -0.05) is 6.92 Å². The van der Waals surface area contributed by atoms with Gasteiger partial charge in [0.15, 0.2) is 0 Å². The third-order valence-corrected chi connectivity index (χ3v) is 0.983. The molecule has 1 unspecified atom stereocenters. The van der Waals surface area contributed by atoms with Gasteiger partial charge in [-0.05, 0) is 0 Å². The van der Waals surface area contributed by atoms with E-state index in [-0.39, 0.29) is 6.42 Å². The summed E-state index contributed by atoms with van der Waals surface area (Å²) in [4.78, 5) is 0. The third-order valence-electron chi connectivity index (χ3n) is 0.983. The molecule has 0 amide bonds. The van der Waals surface area contributed by atoms with E-state index in [1.807, 2.05) is 5.92 Å². The molecule has 0 aliphatic rings. The molecule has 0 aromatic heterocycles. The topological polar surface area (TPSA) is 0 Å². The normalized spacial score (nSPS) is 14.6. The molecule has 0 bridgehead atoms. The van der Waals surface area contributed by atoms with Crippen molar-refractivity contribution in [2.75, 3.05) is 0 Å². The molecule has 0 aliphatic heterocycles. The first-order valence-corrected chi connectivity index (χ1v) is 2.48. The van der Waals surface area contributed by atoms with E-state index in [4.69, 9.17) is 0 Å². The van der Waals surface area contributed by atoms with Crippen LogP contribution in [0.1, 0.15) is 13.3 Å². The second-order valence-corrected chi connectivity index (χ2v) is 1.85. The summed E-state index contributed by atoms with van der Waals surface area (Å²) in [5, 5.41) is 0. The van der Waals surface area contributed by atoms with E-state index < -0.39 is 12.1 Å².